The molecular formula is C19H29ClN2O4S. The SMILES string of the molecule is CC(C)(C)OC(=O)NCC1CCN(CCS(=O)(=O)c2ccc(Cl)cc2)CC1. The van der Waals surface area contributed by atoms with E-state index < -0.39 is 15.4 Å². The second-order valence-electron chi connectivity index (χ2n) is 7.94. The molecule has 0 bridgehead atoms. The van der Waals surface area contributed by atoms with Crippen LogP contribution in [0.2, 0.25) is 5.02 Å². The summed E-state index contributed by atoms with van der Waals surface area (Å²) in [5.41, 5.74) is -0.497. The van der Waals surface area contributed by atoms with Crippen LogP contribution in [0.4, 0.5) is 4.79 Å². The van der Waals surface area contributed by atoms with Crippen LogP contribution in [0.25, 0.3) is 0 Å². The maximum absolute atomic E-state index is 12.4. The highest BCUT2D eigenvalue weighted by Crippen LogP contribution is 2.19. The number of amides is 1. The van der Waals surface area contributed by atoms with E-state index in [4.69, 9.17) is 16.3 Å². The Labute approximate surface area is 167 Å². The lowest BCUT2D eigenvalue weighted by molar-refractivity contribution is 0.0510. The summed E-state index contributed by atoms with van der Waals surface area (Å²) in [5.74, 6) is 0.483. The van der Waals surface area contributed by atoms with Gasteiger partial charge in [-0.05, 0) is 76.9 Å². The Hall–Kier alpha value is -1.31. The number of alkyl carbamates (subject to hydrolysis) is 1. The second kappa shape index (κ2) is 9.26. The molecule has 1 N–H and O–H groups in total. The van der Waals surface area contributed by atoms with Gasteiger partial charge >= 0.3 is 6.09 Å². The molecule has 0 atom stereocenters. The topological polar surface area (TPSA) is 75.7 Å². The van der Waals surface area contributed by atoms with Gasteiger partial charge in [0.15, 0.2) is 9.84 Å². The van der Waals surface area contributed by atoms with Crippen molar-refractivity contribution in [2.45, 2.75) is 44.1 Å². The van der Waals surface area contributed by atoms with Crippen molar-refractivity contribution in [3.8, 4) is 0 Å². The molecule has 0 radical (unpaired) electrons. The van der Waals surface area contributed by atoms with Gasteiger partial charge in [-0.15, -0.1) is 0 Å². The Morgan fingerprint density at radius 1 is 1.22 bits per heavy atom. The Balaban J connectivity index is 1.71. The first-order chi connectivity index (χ1) is 12.5. The number of carbonyl (C=O) groups excluding carboxylic acids is 1. The molecule has 1 fully saturated rings. The molecule has 27 heavy (non-hydrogen) atoms. The number of halogens is 1. The van der Waals surface area contributed by atoms with Gasteiger partial charge < -0.3 is 15.0 Å². The summed E-state index contributed by atoms with van der Waals surface area (Å²) in [4.78, 5) is 14.2. The zero-order valence-corrected chi connectivity index (χ0v) is 17.8. The quantitative estimate of drug-likeness (QED) is 0.769. The van der Waals surface area contributed by atoms with E-state index in [2.05, 4.69) is 10.2 Å². The predicted octanol–water partition coefficient (Wildman–Crippen LogP) is 3.35. The largest absolute Gasteiger partial charge is 0.444 e. The van der Waals surface area contributed by atoms with Crippen molar-refractivity contribution < 1.29 is 17.9 Å². The van der Waals surface area contributed by atoms with Gasteiger partial charge in [0.1, 0.15) is 5.60 Å². The lowest BCUT2D eigenvalue weighted by Gasteiger charge is -2.32. The van der Waals surface area contributed by atoms with Gasteiger partial charge in [0.2, 0.25) is 0 Å². The first-order valence-corrected chi connectivity index (χ1v) is 11.3. The number of piperidine rings is 1. The lowest BCUT2D eigenvalue weighted by Crippen LogP contribution is -2.41. The van der Waals surface area contributed by atoms with Gasteiger partial charge in [0.05, 0.1) is 10.6 Å². The van der Waals surface area contributed by atoms with Crippen molar-refractivity contribution in [1.29, 1.82) is 0 Å². The molecule has 0 saturated carbocycles. The Morgan fingerprint density at radius 2 is 1.81 bits per heavy atom. The van der Waals surface area contributed by atoms with Gasteiger partial charge in [-0.1, -0.05) is 11.6 Å². The number of hydrogen-bond donors (Lipinski definition) is 1. The van der Waals surface area contributed by atoms with E-state index >= 15 is 0 Å². The molecule has 0 aromatic heterocycles. The normalized spacial score (nSPS) is 16.9. The number of ether oxygens (including phenoxy) is 1. The summed E-state index contributed by atoms with van der Waals surface area (Å²) < 4.78 is 30.1. The van der Waals surface area contributed by atoms with Gasteiger partial charge in [-0.2, -0.15) is 0 Å². The van der Waals surface area contributed by atoms with Crippen molar-refractivity contribution in [1.82, 2.24) is 10.2 Å². The summed E-state index contributed by atoms with van der Waals surface area (Å²) in [6.07, 6.45) is 1.46. The minimum Gasteiger partial charge on any atom is -0.444 e. The van der Waals surface area contributed by atoms with E-state index in [0.717, 1.165) is 25.9 Å². The monoisotopic (exact) mass is 416 g/mol. The third-order valence-electron chi connectivity index (χ3n) is 4.49. The van der Waals surface area contributed by atoms with Crippen molar-refractivity contribution in [3.05, 3.63) is 29.3 Å². The zero-order chi connectivity index (χ0) is 20.1. The molecule has 1 aromatic rings. The number of sulfone groups is 1. The fourth-order valence-corrected chi connectivity index (χ4v) is 4.38. The van der Waals surface area contributed by atoms with E-state index in [1.54, 1.807) is 24.3 Å². The number of benzene rings is 1. The highest BCUT2D eigenvalue weighted by Gasteiger charge is 2.23. The molecule has 0 unspecified atom stereocenters. The lowest BCUT2D eigenvalue weighted by atomic mass is 9.97. The minimum absolute atomic E-state index is 0.0927. The molecule has 0 aliphatic carbocycles. The van der Waals surface area contributed by atoms with Crippen LogP contribution in [0.3, 0.4) is 0 Å². The summed E-state index contributed by atoms with van der Waals surface area (Å²) in [6, 6.07) is 6.29. The summed E-state index contributed by atoms with van der Waals surface area (Å²) >= 11 is 5.81. The Morgan fingerprint density at radius 3 is 2.37 bits per heavy atom. The van der Waals surface area contributed by atoms with Crippen molar-refractivity contribution in [2.24, 2.45) is 5.92 Å². The zero-order valence-electron chi connectivity index (χ0n) is 16.2. The number of carbonyl (C=O) groups is 1. The van der Waals surface area contributed by atoms with Crippen molar-refractivity contribution in [3.63, 3.8) is 0 Å². The van der Waals surface area contributed by atoms with Crippen LogP contribution >= 0.6 is 11.6 Å². The van der Waals surface area contributed by atoms with Crippen LogP contribution in [0.5, 0.6) is 0 Å². The van der Waals surface area contributed by atoms with Gasteiger partial charge in [0.25, 0.3) is 0 Å². The summed E-state index contributed by atoms with van der Waals surface area (Å²) in [7, 11) is -3.30. The van der Waals surface area contributed by atoms with Gasteiger partial charge in [0, 0.05) is 18.1 Å². The average molecular weight is 417 g/mol. The molecular weight excluding hydrogens is 388 g/mol. The number of hydrogen-bond acceptors (Lipinski definition) is 5. The maximum Gasteiger partial charge on any atom is 0.407 e. The molecule has 1 aliphatic rings. The van der Waals surface area contributed by atoms with Crippen LogP contribution in [-0.4, -0.2) is 56.9 Å². The van der Waals surface area contributed by atoms with E-state index in [1.807, 2.05) is 20.8 Å². The van der Waals surface area contributed by atoms with Crippen LogP contribution in [0.1, 0.15) is 33.6 Å². The third kappa shape index (κ3) is 7.68. The Kier molecular flexibility index (Phi) is 7.54. The third-order valence-corrected chi connectivity index (χ3v) is 6.45. The molecule has 1 amide bonds. The number of rotatable bonds is 6. The molecule has 1 saturated heterocycles. The standard InChI is InChI=1S/C19H29ClN2O4S/c1-19(2,3)26-18(23)21-14-15-8-10-22(11-9-15)12-13-27(24,25)17-6-4-16(20)5-7-17/h4-7,15H,8-14H2,1-3H3,(H,21,23). The summed E-state index contributed by atoms with van der Waals surface area (Å²) in [6.45, 7) is 8.27. The smallest absolute Gasteiger partial charge is 0.407 e. The second-order valence-corrected chi connectivity index (χ2v) is 10.5. The van der Waals surface area contributed by atoms with Crippen LogP contribution in [-0.2, 0) is 14.6 Å². The molecule has 8 heteroatoms. The van der Waals surface area contributed by atoms with Crippen LogP contribution < -0.4 is 5.32 Å². The fourth-order valence-electron chi connectivity index (χ4n) is 2.97. The van der Waals surface area contributed by atoms with Gasteiger partial charge in [-0.3, -0.25) is 0 Å². The highest BCUT2D eigenvalue weighted by molar-refractivity contribution is 7.91. The first-order valence-electron chi connectivity index (χ1n) is 9.23. The predicted molar refractivity (Wildman–Crippen MR) is 107 cm³/mol. The number of nitrogens with zero attached hydrogens (tertiary/aromatic N) is 1. The number of likely N-dealkylation sites (tertiary alicyclic amines) is 1. The van der Waals surface area contributed by atoms with E-state index in [1.165, 1.54) is 0 Å². The maximum atomic E-state index is 12.4. The molecule has 6 nitrogen and oxygen atoms in total. The molecule has 152 valence electrons. The summed E-state index contributed by atoms with van der Waals surface area (Å²) in [5, 5.41) is 3.34. The molecule has 0 spiro atoms. The van der Waals surface area contributed by atoms with Crippen molar-refractivity contribution in [2.75, 3.05) is 31.9 Å². The van der Waals surface area contributed by atoms with Crippen LogP contribution in [0.15, 0.2) is 29.2 Å². The molecule has 2 rings (SSSR count). The van der Waals surface area contributed by atoms with Gasteiger partial charge in [-0.25, -0.2) is 13.2 Å². The van der Waals surface area contributed by atoms with Crippen LogP contribution in [0, 0.1) is 5.92 Å². The Bertz CT molecular complexity index is 721. The van der Waals surface area contributed by atoms with E-state index in [-0.39, 0.29) is 11.8 Å². The highest BCUT2D eigenvalue weighted by atomic mass is 35.5. The fraction of sp³-hybridized carbons (Fsp3) is 0.632. The average Bonchev–Trinajstić information content (AvgIpc) is 2.58. The number of nitrogens with one attached hydrogen (secondary N) is 1. The van der Waals surface area contributed by atoms with Crippen molar-refractivity contribution >= 4 is 27.5 Å². The molecule has 1 aliphatic heterocycles. The van der Waals surface area contributed by atoms with E-state index in [9.17, 15) is 13.2 Å². The van der Waals surface area contributed by atoms with E-state index in [0.29, 0.717) is 28.9 Å². The minimum atomic E-state index is -3.30. The molecule has 1 heterocycles. The molecule has 1 aromatic carbocycles. The first kappa shape index (κ1) is 22.0.